The van der Waals surface area contributed by atoms with Gasteiger partial charge in [-0.3, -0.25) is 9.10 Å². The lowest BCUT2D eigenvalue weighted by Crippen LogP contribution is -2.32. The van der Waals surface area contributed by atoms with Crippen molar-refractivity contribution in [2.45, 2.75) is 27.7 Å². The third-order valence-electron chi connectivity index (χ3n) is 3.05. The summed E-state index contributed by atoms with van der Waals surface area (Å²) >= 11 is 0. The van der Waals surface area contributed by atoms with Crippen molar-refractivity contribution in [2.24, 2.45) is 5.41 Å². The van der Waals surface area contributed by atoms with Gasteiger partial charge in [-0.1, -0.05) is 20.8 Å². The van der Waals surface area contributed by atoms with E-state index in [-0.39, 0.29) is 17.1 Å². The standard InChI is InChI=1S/C15H24N2O3S/c1-6-21(19,20)17(5)13-9-7-12(8-10-13)14(18)16-11-15(2,3)4/h7-10H,6,11H2,1-5H3,(H,16,18). The van der Waals surface area contributed by atoms with Gasteiger partial charge in [-0.2, -0.15) is 0 Å². The average molecular weight is 312 g/mol. The van der Waals surface area contributed by atoms with Gasteiger partial charge < -0.3 is 5.32 Å². The van der Waals surface area contributed by atoms with E-state index in [1.165, 1.54) is 11.4 Å². The minimum atomic E-state index is -3.28. The summed E-state index contributed by atoms with van der Waals surface area (Å²) in [5.74, 6) is -0.116. The lowest BCUT2D eigenvalue weighted by Gasteiger charge is -2.20. The van der Waals surface area contributed by atoms with Crippen molar-refractivity contribution in [3.8, 4) is 0 Å². The van der Waals surface area contributed by atoms with E-state index in [1.807, 2.05) is 20.8 Å². The minimum absolute atomic E-state index is 0.0189. The van der Waals surface area contributed by atoms with Gasteiger partial charge in [-0.25, -0.2) is 8.42 Å². The molecule has 0 heterocycles. The number of sulfonamides is 1. The molecule has 1 aromatic carbocycles. The van der Waals surface area contributed by atoms with Crippen LogP contribution >= 0.6 is 0 Å². The molecule has 1 amide bonds. The Morgan fingerprint density at radius 1 is 1.19 bits per heavy atom. The number of nitrogens with one attached hydrogen (secondary N) is 1. The smallest absolute Gasteiger partial charge is 0.251 e. The molecular weight excluding hydrogens is 288 g/mol. The van der Waals surface area contributed by atoms with Crippen molar-refractivity contribution in [1.29, 1.82) is 0 Å². The third-order valence-corrected chi connectivity index (χ3v) is 4.83. The van der Waals surface area contributed by atoms with Gasteiger partial charge >= 0.3 is 0 Å². The Hall–Kier alpha value is -1.56. The van der Waals surface area contributed by atoms with E-state index in [2.05, 4.69) is 5.32 Å². The van der Waals surface area contributed by atoms with Crippen LogP contribution in [0, 0.1) is 5.41 Å². The Labute approximate surface area is 127 Å². The number of hydrogen-bond donors (Lipinski definition) is 1. The average Bonchev–Trinajstić information content (AvgIpc) is 2.43. The summed E-state index contributed by atoms with van der Waals surface area (Å²) < 4.78 is 24.8. The fraction of sp³-hybridized carbons (Fsp3) is 0.533. The van der Waals surface area contributed by atoms with E-state index in [0.717, 1.165) is 0 Å². The summed E-state index contributed by atoms with van der Waals surface area (Å²) in [6, 6.07) is 6.54. The van der Waals surface area contributed by atoms with Crippen LogP contribution in [0.3, 0.4) is 0 Å². The van der Waals surface area contributed by atoms with Crippen molar-refractivity contribution in [1.82, 2.24) is 5.32 Å². The number of nitrogens with zero attached hydrogens (tertiary/aromatic N) is 1. The van der Waals surface area contributed by atoms with Crippen LogP contribution < -0.4 is 9.62 Å². The van der Waals surface area contributed by atoms with Crippen LogP contribution in [0.2, 0.25) is 0 Å². The summed E-state index contributed by atoms with van der Waals surface area (Å²) in [6.07, 6.45) is 0. The van der Waals surface area contributed by atoms with Crippen LogP contribution in [0.5, 0.6) is 0 Å². The Kier molecular flexibility index (Phi) is 5.39. The van der Waals surface area contributed by atoms with Crippen molar-refractivity contribution < 1.29 is 13.2 Å². The molecule has 0 atom stereocenters. The normalized spacial score (nSPS) is 12.0. The Balaban J connectivity index is 2.81. The zero-order valence-corrected chi connectivity index (χ0v) is 14.1. The first-order chi connectivity index (χ1) is 9.57. The number of anilines is 1. The van der Waals surface area contributed by atoms with Crippen LogP contribution in [0.1, 0.15) is 38.1 Å². The van der Waals surface area contributed by atoms with Gasteiger partial charge in [0.15, 0.2) is 0 Å². The molecular formula is C15H24N2O3S. The molecule has 6 heteroatoms. The van der Waals surface area contributed by atoms with E-state index >= 15 is 0 Å². The van der Waals surface area contributed by atoms with Crippen molar-refractivity contribution in [3.05, 3.63) is 29.8 Å². The molecule has 0 aliphatic carbocycles. The summed E-state index contributed by atoms with van der Waals surface area (Å²) in [4.78, 5) is 12.0. The van der Waals surface area contributed by atoms with Crippen molar-refractivity contribution in [2.75, 3.05) is 23.7 Å². The van der Waals surface area contributed by atoms with Crippen molar-refractivity contribution >= 4 is 21.6 Å². The predicted octanol–water partition coefficient (Wildman–Crippen LogP) is 2.25. The highest BCUT2D eigenvalue weighted by atomic mass is 32.2. The number of hydrogen-bond acceptors (Lipinski definition) is 3. The molecule has 0 fully saturated rings. The number of amides is 1. The maximum absolute atomic E-state index is 12.0. The molecule has 0 saturated carbocycles. The van der Waals surface area contributed by atoms with Crippen LogP contribution in [0.4, 0.5) is 5.69 Å². The molecule has 0 saturated heterocycles. The maximum atomic E-state index is 12.0. The molecule has 5 nitrogen and oxygen atoms in total. The second-order valence-electron chi connectivity index (χ2n) is 6.16. The number of benzene rings is 1. The first kappa shape index (κ1) is 17.5. The van der Waals surface area contributed by atoms with E-state index in [9.17, 15) is 13.2 Å². The first-order valence-corrected chi connectivity index (χ1v) is 8.52. The second-order valence-corrected chi connectivity index (χ2v) is 8.45. The fourth-order valence-electron chi connectivity index (χ4n) is 1.62. The zero-order chi connectivity index (χ0) is 16.3. The van der Waals surface area contributed by atoms with Gasteiger partial charge in [0.05, 0.1) is 11.4 Å². The topological polar surface area (TPSA) is 66.5 Å². The fourth-order valence-corrected chi connectivity index (χ4v) is 2.45. The quantitative estimate of drug-likeness (QED) is 0.907. The van der Waals surface area contributed by atoms with Gasteiger partial charge in [-0.05, 0) is 36.6 Å². The SMILES string of the molecule is CCS(=O)(=O)N(C)c1ccc(C(=O)NCC(C)(C)C)cc1. The van der Waals surface area contributed by atoms with Gasteiger partial charge in [0.25, 0.3) is 5.91 Å². The van der Waals surface area contributed by atoms with Crippen LogP contribution in [-0.2, 0) is 10.0 Å². The highest BCUT2D eigenvalue weighted by molar-refractivity contribution is 7.92. The summed E-state index contributed by atoms with van der Waals surface area (Å²) in [5, 5.41) is 2.86. The predicted molar refractivity (Wildman–Crippen MR) is 86.1 cm³/mol. The molecule has 0 bridgehead atoms. The van der Waals surface area contributed by atoms with Gasteiger partial charge in [0.2, 0.25) is 10.0 Å². The largest absolute Gasteiger partial charge is 0.352 e. The summed E-state index contributed by atoms with van der Waals surface area (Å²) in [6.45, 7) is 8.31. The molecule has 0 aliphatic heterocycles. The number of carbonyl (C=O) groups is 1. The zero-order valence-electron chi connectivity index (χ0n) is 13.3. The summed E-state index contributed by atoms with van der Waals surface area (Å²) in [7, 11) is -1.77. The molecule has 0 radical (unpaired) electrons. The molecule has 1 aromatic rings. The molecule has 1 rings (SSSR count). The molecule has 21 heavy (non-hydrogen) atoms. The van der Waals surface area contributed by atoms with E-state index < -0.39 is 10.0 Å². The van der Waals surface area contributed by atoms with Crippen LogP contribution in [0.15, 0.2) is 24.3 Å². The second kappa shape index (κ2) is 6.47. The number of carbonyl (C=O) groups excluding carboxylic acids is 1. The first-order valence-electron chi connectivity index (χ1n) is 6.92. The maximum Gasteiger partial charge on any atom is 0.251 e. The van der Waals surface area contributed by atoms with Gasteiger partial charge in [-0.15, -0.1) is 0 Å². The molecule has 118 valence electrons. The highest BCUT2D eigenvalue weighted by Crippen LogP contribution is 2.17. The molecule has 1 N–H and O–H groups in total. The Morgan fingerprint density at radius 3 is 2.14 bits per heavy atom. The van der Waals surface area contributed by atoms with Crippen LogP contribution in [-0.4, -0.2) is 33.7 Å². The Bertz CT molecular complexity index is 586. The lowest BCUT2D eigenvalue weighted by atomic mass is 9.97. The Morgan fingerprint density at radius 2 is 1.71 bits per heavy atom. The van der Waals surface area contributed by atoms with Gasteiger partial charge in [0, 0.05) is 19.2 Å². The monoisotopic (exact) mass is 312 g/mol. The number of rotatable bonds is 5. The molecule has 0 unspecified atom stereocenters. The van der Waals surface area contributed by atoms with Crippen molar-refractivity contribution in [3.63, 3.8) is 0 Å². The lowest BCUT2D eigenvalue weighted by molar-refractivity contribution is 0.0939. The molecule has 0 aliphatic rings. The third kappa shape index (κ3) is 5.04. The molecule has 0 spiro atoms. The summed E-state index contributed by atoms with van der Waals surface area (Å²) in [5.41, 5.74) is 1.08. The van der Waals surface area contributed by atoms with Gasteiger partial charge in [0.1, 0.15) is 0 Å². The van der Waals surface area contributed by atoms with E-state index in [4.69, 9.17) is 0 Å². The highest BCUT2D eigenvalue weighted by Gasteiger charge is 2.17. The van der Waals surface area contributed by atoms with E-state index in [1.54, 1.807) is 31.2 Å². The van der Waals surface area contributed by atoms with Crippen LogP contribution in [0.25, 0.3) is 0 Å². The minimum Gasteiger partial charge on any atom is -0.352 e. The molecule has 0 aromatic heterocycles. The van der Waals surface area contributed by atoms with E-state index in [0.29, 0.717) is 17.8 Å².